The van der Waals surface area contributed by atoms with Crippen LogP contribution >= 0.6 is 0 Å². The van der Waals surface area contributed by atoms with Crippen LogP contribution < -0.4 is 22.7 Å². The Morgan fingerprint density at radius 2 is 1.74 bits per heavy atom. The third-order valence-corrected chi connectivity index (χ3v) is 1.36. The molecular weight excluding hydrogens is 277 g/mol. The second kappa shape index (κ2) is 8.93. The van der Waals surface area contributed by atoms with Crippen LogP contribution in [0.3, 0.4) is 0 Å². The Balaban J connectivity index is 0. The van der Waals surface area contributed by atoms with Gasteiger partial charge in [-0.1, -0.05) is 0 Å². The van der Waals surface area contributed by atoms with E-state index in [1.54, 1.807) is 0 Å². The summed E-state index contributed by atoms with van der Waals surface area (Å²) in [5.41, 5.74) is 10.1. The fraction of sp³-hybridized carbons (Fsp3) is 0.571. The van der Waals surface area contributed by atoms with Crippen molar-refractivity contribution in [3.63, 3.8) is 0 Å². The van der Waals surface area contributed by atoms with E-state index in [-0.39, 0.29) is 12.8 Å². The van der Waals surface area contributed by atoms with Gasteiger partial charge in [0.15, 0.2) is 0 Å². The second-order valence-electron chi connectivity index (χ2n) is 2.95. The maximum Gasteiger partial charge on any atom is 0.490 e. The van der Waals surface area contributed by atoms with Crippen LogP contribution in [0.1, 0.15) is 12.8 Å². The van der Waals surface area contributed by atoms with Gasteiger partial charge >= 0.3 is 24.1 Å². The molecule has 0 spiro atoms. The third-order valence-electron chi connectivity index (χ3n) is 1.36. The first kappa shape index (κ1) is 19.3. The Hall–Kier alpha value is -2.08. The summed E-state index contributed by atoms with van der Waals surface area (Å²) in [6.45, 7) is 0. The number of carbonyl (C=O) groups is 3. The highest BCUT2D eigenvalue weighted by molar-refractivity contribution is 5.73. The first-order valence-electron chi connectivity index (χ1n) is 4.52. The summed E-state index contributed by atoms with van der Waals surface area (Å²) in [5.74, 6) is 1.21. The molecule has 0 saturated heterocycles. The standard InChI is InChI=1S/C5H12N4O3.C2HF3O2/c6-3(9-5(7)11)1-2-4(10)12-8;3-2(4,5)1(6)7/h3H,1-2,6,8H2,(H3,7,9,11);(H,6,7). The average Bonchev–Trinajstić information content (AvgIpc) is 2.24. The lowest BCUT2D eigenvalue weighted by atomic mass is 10.2. The smallest absolute Gasteiger partial charge is 0.475 e. The van der Waals surface area contributed by atoms with Crippen molar-refractivity contribution in [1.82, 2.24) is 5.32 Å². The van der Waals surface area contributed by atoms with E-state index in [4.69, 9.17) is 21.4 Å². The molecule has 9 nitrogen and oxygen atoms in total. The molecule has 0 aliphatic heterocycles. The zero-order valence-electron chi connectivity index (χ0n) is 9.44. The number of hydrogen-bond donors (Lipinski definition) is 5. The predicted octanol–water partition coefficient (Wildman–Crippen LogP) is -1.23. The lowest BCUT2D eigenvalue weighted by Gasteiger charge is -2.09. The largest absolute Gasteiger partial charge is 0.490 e. The zero-order valence-corrected chi connectivity index (χ0v) is 9.44. The van der Waals surface area contributed by atoms with Crippen molar-refractivity contribution in [3.8, 4) is 0 Å². The van der Waals surface area contributed by atoms with Gasteiger partial charge in [-0.25, -0.2) is 9.59 Å². The number of amides is 2. The fourth-order valence-corrected chi connectivity index (χ4v) is 0.587. The monoisotopic (exact) mass is 290 g/mol. The van der Waals surface area contributed by atoms with Gasteiger partial charge in [-0.2, -0.15) is 19.1 Å². The number of alkyl halides is 3. The van der Waals surface area contributed by atoms with Gasteiger partial charge in [-0.05, 0) is 6.42 Å². The summed E-state index contributed by atoms with van der Waals surface area (Å²) in [5, 5.41) is 9.32. The topological polar surface area (TPSA) is 171 Å². The van der Waals surface area contributed by atoms with Crippen molar-refractivity contribution in [2.45, 2.75) is 25.2 Å². The SMILES string of the molecule is NOC(=O)CCC(N)NC(N)=O.O=C(O)C(F)(F)F. The first-order chi connectivity index (χ1) is 8.50. The van der Waals surface area contributed by atoms with Crippen LogP contribution in [0.25, 0.3) is 0 Å². The minimum atomic E-state index is -5.08. The van der Waals surface area contributed by atoms with Crippen molar-refractivity contribution < 1.29 is 37.5 Å². The Bertz CT molecular complexity index is 322. The van der Waals surface area contributed by atoms with E-state index < -0.39 is 30.3 Å². The quantitative estimate of drug-likeness (QED) is 0.318. The summed E-state index contributed by atoms with van der Waals surface area (Å²) in [7, 11) is 0. The van der Waals surface area contributed by atoms with E-state index in [1.165, 1.54) is 0 Å². The van der Waals surface area contributed by atoms with Gasteiger partial charge in [0.25, 0.3) is 0 Å². The number of hydrogen-bond acceptors (Lipinski definition) is 6. The number of urea groups is 1. The van der Waals surface area contributed by atoms with Gasteiger partial charge in [-0.15, -0.1) is 0 Å². The molecule has 8 N–H and O–H groups in total. The number of primary amides is 1. The number of aliphatic carboxylic acids is 1. The molecule has 19 heavy (non-hydrogen) atoms. The van der Waals surface area contributed by atoms with Gasteiger partial charge in [0.1, 0.15) is 0 Å². The van der Waals surface area contributed by atoms with E-state index in [0.717, 1.165) is 0 Å². The van der Waals surface area contributed by atoms with Crippen molar-refractivity contribution in [2.24, 2.45) is 17.4 Å². The summed E-state index contributed by atoms with van der Waals surface area (Å²) < 4.78 is 31.7. The van der Waals surface area contributed by atoms with Crippen LogP contribution in [0.4, 0.5) is 18.0 Å². The molecule has 0 aliphatic rings. The molecule has 2 amide bonds. The zero-order chi connectivity index (χ0) is 15.6. The van der Waals surface area contributed by atoms with Crippen LogP contribution in [0.15, 0.2) is 0 Å². The summed E-state index contributed by atoms with van der Waals surface area (Å²) in [6.07, 6.45) is -5.46. The van der Waals surface area contributed by atoms with Crippen molar-refractivity contribution in [1.29, 1.82) is 0 Å². The maximum absolute atomic E-state index is 10.6. The van der Waals surface area contributed by atoms with Crippen LogP contribution in [0, 0.1) is 0 Å². The number of halogens is 3. The van der Waals surface area contributed by atoms with Crippen molar-refractivity contribution >= 4 is 18.0 Å². The predicted molar refractivity (Wildman–Crippen MR) is 53.9 cm³/mol. The normalized spacial score (nSPS) is 11.6. The minimum absolute atomic E-state index is 0.0396. The summed E-state index contributed by atoms with van der Waals surface area (Å²) in [6, 6.07) is -0.733. The van der Waals surface area contributed by atoms with Gasteiger partial charge in [-0.3, -0.25) is 4.79 Å². The van der Waals surface area contributed by atoms with Crippen molar-refractivity contribution in [2.75, 3.05) is 0 Å². The fourth-order valence-electron chi connectivity index (χ4n) is 0.587. The highest BCUT2D eigenvalue weighted by Crippen LogP contribution is 2.13. The number of carboxylic acid groups (broad SMARTS) is 1. The molecule has 0 aromatic rings. The van der Waals surface area contributed by atoms with Gasteiger partial charge < -0.3 is 26.7 Å². The lowest BCUT2D eigenvalue weighted by molar-refractivity contribution is -0.192. The Morgan fingerprint density at radius 3 is 2.00 bits per heavy atom. The van der Waals surface area contributed by atoms with E-state index in [1.807, 2.05) is 0 Å². The summed E-state index contributed by atoms with van der Waals surface area (Å²) in [4.78, 5) is 33.4. The number of carboxylic acids is 1. The van der Waals surface area contributed by atoms with Gasteiger partial charge in [0.05, 0.1) is 12.6 Å². The van der Waals surface area contributed by atoms with Crippen molar-refractivity contribution in [3.05, 3.63) is 0 Å². The number of carbonyl (C=O) groups excluding carboxylic acids is 2. The molecule has 0 bridgehead atoms. The molecule has 0 rings (SSSR count). The molecule has 0 aliphatic carbocycles. The minimum Gasteiger partial charge on any atom is -0.475 e. The Morgan fingerprint density at radius 1 is 1.32 bits per heavy atom. The molecule has 1 unspecified atom stereocenters. The number of nitrogens with one attached hydrogen (secondary N) is 1. The van der Waals surface area contributed by atoms with Crippen LogP contribution in [0.5, 0.6) is 0 Å². The molecule has 0 aromatic heterocycles. The highest BCUT2D eigenvalue weighted by Gasteiger charge is 2.38. The second-order valence-corrected chi connectivity index (χ2v) is 2.95. The van der Waals surface area contributed by atoms with E-state index >= 15 is 0 Å². The first-order valence-corrected chi connectivity index (χ1v) is 4.52. The molecule has 0 saturated carbocycles. The van der Waals surface area contributed by atoms with Crippen LogP contribution in [-0.2, 0) is 14.4 Å². The maximum atomic E-state index is 10.6. The molecule has 0 aromatic carbocycles. The van der Waals surface area contributed by atoms with Gasteiger partial charge in [0.2, 0.25) is 0 Å². The highest BCUT2D eigenvalue weighted by atomic mass is 19.4. The van der Waals surface area contributed by atoms with E-state index in [2.05, 4.69) is 16.1 Å². The van der Waals surface area contributed by atoms with E-state index in [9.17, 15) is 22.8 Å². The molecule has 0 fully saturated rings. The Labute approximate surface area is 104 Å². The molecule has 0 radical (unpaired) electrons. The number of nitrogens with two attached hydrogens (primary N) is 3. The number of rotatable bonds is 4. The summed E-state index contributed by atoms with van der Waals surface area (Å²) >= 11 is 0. The average molecular weight is 290 g/mol. The Kier molecular flexibility index (Phi) is 9.06. The van der Waals surface area contributed by atoms with Gasteiger partial charge in [0, 0.05) is 0 Å². The lowest BCUT2D eigenvalue weighted by Crippen LogP contribution is -2.44. The molecule has 12 heteroatoms. The third kappa shape index (κ3) is 13.9. The van der Waals surface area contributed by atoms with E-state index in [0.29, 0.717) is 0 Å². The van der Waals surface area contributed by atoms with Crippen LogP contribution in [0.2, 0.25) is 0 Å². The molecule has 112 valence electrons. The molecular formula is C7H13F3N4O5. The van der Waals surface area contributed by atoms with Crippen LogP contribution in [-0.4, -0.2) is 35.4 Å². The molecule has 0 heterocycles. The molecule has 1 atom stereocenters.